The van der Waals surface area contributed by atoms with Crippen LogP contribution in [0.5, 0.6) is 0 Å². The van der Waals surface area contributed by atoms with E-state index in [0.29, 0.717) is 28.8 Å². The SMILES string of the molecule is CC[C@@H](C)C[C@H]1O[C@]2(CC[C@@H]3C(=C(C)C2)C[C@H]2[C@H]3CC[C@]3(C)C[C@H](O)CC[C@]23C)[C@H](C)[C@@H]1C. The van der Waals surface area contributed by atoms with Gasteiger partial charge in [0, 0.05) is 0 Å². The van der Waals surface area contributed by atoms with Crippen molar-refractivity contribution in [2.75, 3.05) is 0 Å². The lowest BCUT2D eigenvalue weighted by Gasteiger charge is -2.60. The zero-order chi connectivity index (χ0) is 23.8. The maximum Gasteiger partial charge on any atom is 0.0752 e. The summed E-state index contributed by atoms with van der Waals surface area (Å²) in [5.41, 5.74) is 4.34. The Bertz CT molecular complexity index is 786. The van der Waals surface area contributed by atoms with E-state index in [2.05, 4.69) is 48.5 Å². The smallest absolute Gasteiger partial charge is 0.0752 e. The maximum atomic E-state index is 10.5. The van der Waals surface area contributed by atoms with Gasteiger partial charge in [-0.25, -0.2) is 0 Å². The molecule has 0 radical (unpaired) electrons. The Balaban J connectivity index is 1.40. The number of aliphatic hydroxyl groups is 1. The third-order valence-corrected chi connectivity index (χ3v) is 12.7. The van der Waals surface area contributed by atoms with Crippen LogP contribution >= 0.6 is 0 Å². The van der Waals surface area contributed by atoms with Gasteiger partial charge in [-0.2, -0.15) is 0 Å². The molecule has 33 heavy (non-hydrogen) atoms. The Kier molecular flexibility index (Phi) is 6.17. The van der Waals surface area contributed by atoms with Gasteiger partial charge in [-0.05, 0) is 117 Å². The molecule has 0 amide bonds. The highest BCUT2D eigenvalue weighted by Crippen LogP contribution is 2.69. The highest BCUT2D eigenvalue weighted by molar-refractivity contribution is 5.29. The number of ether oxygens (including phenoxy) is 1. The van der Waals surface area contributed by atoms with Gasteiger partial charge in [0.1, 0.15) is 0 Å². The molecule has 3 saturated carbocycles. The molecule has 5 aliphatic rings. The van der Waals surface area contributed by atoms with Crippen LogP contribution in [0.2, 0.25) is 0 Å². The summed E-state index contributed by atoms with van der Waals surface area (Å²) in [6, 6.07) is 0. The van der Waals surface area contributed by atoms with Gasteiger partial charge >= 0.3 is 0 Å². The van der Waals surface area contributed by atoms with Crippen molar-refractivity contribution in [2.24, 2.45) is 46.3 Å². The fourth-order valence-corrected chi connectivity index (χ4v) is 9.87. The largest absolute Gasteiger partial charge is 0.393 e. The molecule has 1 spiro atoms. The van der Waals surface area contributed by atoms with Crippen molar-refractivity contribution in [1.29, 1.82) is 0 Å². The van der Waals surface area contributed by atoms with E-state index < -0.39 is 0 Å². The second-order valence-corrected chi connectivity index (χ2v) is 14.1. The third-order valence-electron chi connectivity index (χ3n) is 12.7. The molecule has 4 aliphatic carbocycles. The van der Waals surface area contributed by atoms with Gasteiger partial charge in [-0.3, -0.25) is 0 Å². The lowest BCUT2D eigenvalue weighted by molar-refractivity contribution is -0.129. The second-order valence-electron chi connectivity index (χ2n) is 14.1. The summed E-state index contributed by atoms with van der Waals surface area (Å²) >= 11 is 0. The van der Waals surface area contributed by atoms with E-state index in [9.17, 15) is 5.11 Å². The van der Waals surface area contributed by atoms with Gasteiger partial charge in [0.2, 0.25) is 0 Å². The number of hydrogen-bond donors (Lipinski definition) is 1. The average molecular weight is 457 g/mol. The normalized spacial score (nSPS) is 52.9. The zero-order valence-electron chi connectivity index (χ0n) is 22.8. The fraction of sp³-hybridized carbons (Fsp3) is 0.935. The van der Waals surface area contributed by atoms with Crippen LogP contribution in [-0.2, 0) is 4.74 Å². The Morgan fingerprint density at radius 2 is 1.85 bits per heavy atom. The van der Waals surface area contributed by atoms with Crippen molar-refractivity contribution in [1.82, 2.24) is 0 Å². The first-order valence-corrected chi connectivity index (χ1v) is 14.6. The minimum atomic E-state index is -0.0707. The van der Waals surface area contributed by atoms with Crippen molar-refractivity contribution in [3.05, 3.63) is 11.1 Å². The summed E-state index contributed by atoms with van der Waals surface area (Å²) in [4.78, 5) is 0. The lowest BCUT2D eigenvalue weighted by Crippen LogP contribution is -2.53. The summed E-state index contributed by atoms with van der Waals surface area (Å²) in [6.07, 6.45) is 13.9. The van der Waals surface area contributed by atoms with Crippen LogP contribution in [0, 0.1) is 46.3 Å². The molecule has 188 valence electrons. The molecule has 0 bridgehead atoms. The molecule has 2 nitrogen and oxygen atoms in total. The van der Waals surface area contributed by atoms with E-state index in [1.165, 1.54) is 57.8 Å². The quantitative estimate of drug-likeness (QED) is 0.437. The highest BCUT2D eigenvalue weighted by atomic mass is 16.5. The van der Waals surface area contributed by atoms with Crippen LogP contribution in [-0.4, -0.2) is 22.9 Å². The Morgan fingerprint density at radius 1 is 1.09 bits per heavy atom. The third kappa shape index (κ3) is 3.62. The van der Waals surface area contributed by atoms with Crippen molar-refractivity contribution in [2.45, 2.75) is 137 Å². The Hall–Kier alpha value is -0.340. The van der Waals surface area contributed by atoms with Gasteiger partial charge < -0.3 is 9.84 Å². The van der Waals surface area contributed by atoms with Crippen molar-refractivity contribution >= 4 is 0 Å². The molecule has 1 heterocycles. The van der Waals surface area contributed by atoms with E-state index in [-0.39, 0.29) is 11.7 Å². The van der Waals surface area contributed by atoms with E-state index in [4.69, 9.17) is 4.74 Å². The molecule has 5 rings (SSSR count). The Morgan fingerprint density at radius 3 is 2.58 bits per heavy atom. The summed E-state index contributed by atoms with van der Waals surface area (Å²) in [5.74, 6) is 4.57. The molecular weight excluding hydrogens is 404 g/mol. The zero-order valence-corrected chi connectivity index (χ0v) is 22.8. The monoisotopic (exact) mass is 456 g/mol. The molecule has 1 aliphatic heterocycles. The predicted octanol–water partition coefficient (Wildman–Crippen LogP) is 7.94. The molecule has 0 aromatic rings. The fourth-order valence-electron chi connectivity index (χ4n) is 9.87. The molecule has 0 unspecified atom stereocenters. The van der Waals surface area contributed by atoms with Gasteiger partial charge in [-0.1, -0.05) is 59.1 Å². The summed E-state index contributed by atoms with van der Waals surface area (Å²) in [5, 5.41) is 10.5. The number of aliphatic hydroxyl groups excluding tert-OH is 1. The van der Waals surface area contributed by atoms with Crippen LogP contribution in [0.15, 0.2) is 11.1 Å². The lowest BCUT2D eigenvalue weighted by atomic mass is 9.45. The molecule has 2 heteroatoms. The first-order valence-electron chi connectivity index (χ1n) is 14.6. The molecule has 0 aromatic heterocycles. The first kappa shape index (κ1) is 24.4. The molecular formula is C31H52O2. The second kappa shape index (κ2) is 8.36. The topological polar surface area (TPSA) is 29.5 Å². The standard InChI is InChI=1S/C31H52O2/c1-8-19(2)15-28-21(4)22(5)31(33-28)14-11-24-25-10-12-29(6)18-23(32)9-13-30(29,7)27(25)16-26(24)20(3)17-31/h19,21-25,27-28,32H,8-18H2,1-7H3/t19-,21+,22-,23-,24+,25+,27+,28-,29-,30-,31+/m1/s1. The summed E-state index contributed by atoms with van der Waals surface area (Å²) < 4.78 is 7.11. The predicted molar refractivity (Wildman–Crippen MR) is 137 cm³/mol. The molecule has 4 fully saturated rings. The number of fused-ring (bicyclic) bond motifs is 5. The summed E-state index contributed by atoms with van der Waals surface area (Å²) in [7, 11) is 0. The van der Waals surface area contributed by atoms with Gasteiger partial charge in [0.05, 0.1) is 17.8 Å². The van der Waals surface area contributed by atoms with Crippen LogP contribution in [0.3, 0.4) is 0 Å². The van der Waals surface area contributed by atoms with E-state index in [0.717, 1.165) is 36.5 Å². The number of hydrogen-bond acceptors (Lipinski definition) is 2. The highest BCUT2D eigenvalue weighted by Gasteiger charge is 2.62. The molecule has 0 aromatic carbocycles. The van der Waals surface area contributed by atoms with E-state index >= 15 is 0 Å². The summed E-state index contributed by atoms with van der Waals surface area (Å²) in [6.45, 7) is 17.3. The molecule has 11 atom stereocenters. The van der Waals surface area contributed by atoms with Crippen LogP contribution in [0.25, 0.3) is 0 Å². The van der Waals surface area contributed by atoms with Gasteiger partial charge in [0.25, 0.3) is 0 Å². The van der Waals surface area contributed by atoms with Crippen LogP contribution in [0.1, 0.15) is 119 Å². The van der Waals surface area contributed by atoms with Crippen molar-refractivity contribution in [3.63, 3.8) is 0 Å². The average Bonchev–Trinajstić information content (AvgIpc) is 3.20. The van der Waals surface area contributed by atoms with Crippen LogP contribution < -0.4 is 0 Å². The van der Waals surface area contributed by atoms with Crippen molar-refractivity contribution < 1.29 is 9.84 Å². The van der Waals surface area contributed by atoms with Crippen LogP contribution in [0.4, 0.5) is 0 Å². The maximum absolute atomic E-state index is 10.5. The first-order chi connectivity index (χ1) is 15.5. The molecule has 1 N–H and O–H groups in total. The minimum absolute atomic E-state index is 0.0707. The van der Waals surface area contributed by atoms with E-state index in [1.807, 2.05) is 5.57 Å². The Labute approximate surface area is 204 Å². The van der Waals surface area contributed by atoms with E-state index in [1.54, 1.807) is 5.57 Å². The van der Waals surface area contributed by atoms with Gasteiger partial charge in [-0.15, -0.1) is 0 Å². The van der Waals surface area contributed by atoms with Crippen molar-refractivity contribution in [3.8, 4) is 0 Å². The minimum Gasteiger partial charge on any atom is -0.393 e. The molecule has 1 saturated heterocycles. The van der Waals surface area contributed by atoms with Gasteiger partial charge in [0.15, 0.2) is 0 Å². The number of rotatable bonds is 3. The number of allylic oxidation sites excluding steroid dienone is 1.